The van der Waals surface area contributed by atoms with Gasteiger partial charge in [-0.25, -0.2) is 0 Å². The fourth-order valence-electron chi connectivity index (χ4n) is 2.89. The second-order valence-electron chi connectivity index (χ2n) is 7.82. The average Bonchev–Trinajstić information content (AvgIpc) is 2.52. The van der Waals surface area contributed by atoms with Gasteiger partial charge in [0.15, 0.2) is 0 Å². The Balaban J connectivity index is 2.25. The molecule has 140 valence electrons. The van der Waals surface area contributed by atoms with Crippen LogP contribution in [0.25, 0.3) is 10.8 Å². The molecule has 1 atom stereocenters. The van der Waals surface area contributed by atoms with Crippen molar-refractivity contribution in [3.63, 3.8) is 0 Å². The van der Waals surface area contributed by atoms with Gasteiger partial charge in [-0.05, 0) is 57.4 Å². The van der Waals surface area contributed by atoms with Crippen molar-refractivity contribution >= 4 is 22.7 Å². The van der Waals surface area contributed by atoms with Gasteiger partial charge in [0, 0.05) is 0 Å². The molecule has 4 nitrogen and oxygen atoms in total. The zero-order valence-electron chi connectivity index (χ0n) is 16.2. The largest absolute Gasteiger partial charge is 0.463 e. The summed E-state index contributed by atoms with van der Waals surface area (Å²) in [5.74, 6) is -1.32. The molecule has 0 saturated carbocycles. The monoisotopic (exact) mass is 356 g/mol. The van der Waals surface area contributed by atoms with Crippen LogP contribution in [-0.4, -0.2) is 23.6 Å². The van der Waals surface area contributed by atoms with Crippen LogP contribution in [0.1, 0.15) is 46.6 Å². The number of carbonyl (C=O) groups is 2. The Bertz CT molecular complexity index is 766. The van der Waals surface area contributed by atoms with E-state index in [-0.39, 0.29) is 24.5 Å². The van der Waals surface area contributed by atoms with E-state index in [0.29, 0.717) is 6.42 Å². The molecule has 0 saturated heterocycles. The second-order valence-corrected chi connectivity index (χ2v) is 7.82. The van der Waals surface area contributed by atoms with Gasteiger partial charge >= 0.3 is 11.9 Å². The molecule has 0 N–H and O–H groups in total. The number of fused-ring (bicyclic) bond motifs is 1. The highest BCUT2D eigenvalue weighted by molar-refractivity contribution is 5.87. The van der Waals surface area contributed by atoms with Gasteiger partial charge in [0.2, 0.25) is 0 Å². The molecular weight excluding hydrogens is 328 g/mol. The first kappa shape index (κ1) is 20.0. The molecule has 26 heavy (non-hydrogen) atoms. The zero-order valence-corrected chi connectivity index (χ0v) is 16.2. The SMILES string of the molecule is CC(C)OC(=O)[C@H](CC(=O)OC(C)(C)C)Cc1cccc2ccccc12. The van der Waals surface area contributed by atoms with E-state index in [1.807, 2.05) is 63.2 Å². The summed E-state index contributed by atoms with van der Waals surface area (Å²) in [6.45, 7) is 9.06. The molecule has 0 aliphatic rings. The Morgan fingerprint density at radius 1 is 1.00 bits per heavy atom. The lowest BCUT2D eigenvalue weighted by Crippen LogP contribution is -2.30. The summed E-state index contributed by atoms with van der Waals surface area (Å²) in [5, 5.41) is 2.19. The van der Waals surface area contributed by atoms with E-state index in [1.54, 1.807) is 13.8 Å². The van der Waals surface area contributed by atoms with Gasteiger partial charge in [-0.2, -0.15) is 0 Å². The molecule has 0 bridgehead atoms. The molecule has 2 rings (SSSR count). The molecule has 0 fully saturated rings. The second kappa shape index (κ2) is 8.35. The minimum atomic E-state index is -0.580. The quantitative estimate of drug-likeness (QED) is 0.705. The number of benzene rings is 2. The molecule has 2 aromatic rings. The Morgan fingerprint density at radius 3 is 2.31 bits per heavy atom. The standard InChI is InChI=1S/C22H28O4/c1-15(2)25-21(24)18(14-20(23)26-22(3,4)5)13-17-11-8-10-16-9-6-7-12-19(16)17/h6-12,15,18H,13-14H2,1-5H3/t18-/m0/s1. The van der Waals surface area contributed by atoms with Crippen LogP contribution in [0, 0.1) is 5.92 Å². The smallest absolute Gasteiger partial charge is 0.310 e. The Morgan fingerprint density at radius 2 is 1.65 bits per heavy atom. The van der Waals surface area contributed by atoms with Crippen LogP contribution in [-0.2, 0) is 25.5 Å². The summed E-state index contributed by atoms with van der Waals surface area (Å²) >= 11 is 0. The van der Waals surface area contributed by atoms with Crippen LogP contribution in [0.15, 0.2) is 42.5 Å². The number of carbonyl (C=O) groups excluding carboxylic acids is 2. The molecular formula is C22H28O4. The molecule has 0 amide bonds. The van der Waals surface area contributed by atoms with Crippen molar-refractivity contribution in [3.05, 3.63) is 48.0 Å². The van der Waals surface area contributed by atoms with Gasteiger partial charge in [-0.3, -0.25) is 9.59 Å². The fourth-order valence-corrected chi connectivity index (χ4v) is 2.89. The van der Waals surface area contributed by atoms with Crippen LogP contribution in [0.5, 0.6) is 0 Å². The van der Waals surface area contributed by atoms with Crippen molar-refractivity contribution in [2.75, 3.05) is 0 Å². The fraction of sp³-hybridized carbons (Fsp3) is 0.455. The number of ether oxygens (including phenoxy) is 2. The number of hydrogen-bond donors (Lipinski definition) is 0. The zero-order chi connectivity index (χ0) is 19.3. The highest BCUT2D eigenvalue weighted by Crippen LogP contribution is 2.24. The molecule has 0 spiro atoms. The molecule has 0 aliphatic carbocycles. The molecule has 4 heteroatoms. The lowest BCUT2D eigenvalue weighted by molar-refractivity contribution is -0.163. The molecule has 0 aromatic heterocycles. The third-order valence-electron chi connectivity index (χ3n) is 3.86. The summed E-state index contributed by atoms with van der Waals surface area (Å²) in [4.78, 5) is 24.8. The predicted molar refractivity (Wildman–Crippen MR) is 103 cm³/mol. The normalized spacial score (nSPS) is 12.8. The topological polar surface area (TPSA) is 52.6 Å². The lowest BCUT2D eigenvalue weighted by atomic mass is 9.92. The van der Waals surface area contributed by atoms with E-state index in [4.69, 9.17) is 9.47 Å². The lowest BCUT2D eigenvalue weighted by Gasteiger charge is -2.22. The summed E-state index contributed by atoms with van der Waals surface area (Å²) in [6, 6.07) is 14.0. The van der Waals surface area contributed by atoms with Gasteiger partial charge in [0.05, 0.1) is 18.4 Å². The average molecular weight is 356 g/mol. The summed E-state index contributed by atoms with van der Waals surface area (Å²) in [7, 11) is 0. The Labute approximate surface area is 155 Å². The van der Waals surface area contributed by atoms with E-state index in [1.165, 1.54) is 0 Å². The minimum absolute atomic E-state index is 0.00600. The van der Waals surface area contributed by atoms with Gasteiger partial charge in [-0.15, -0.1) is 0 Å². The Hall–Kier alpha value is -2.36. The third-order valence-corrected chi connectivity index (χ3v) is 3.86. The predicted octanol–water partition coefficient (Wildman–Crippen LogP) is 4.68. The van der Waals surface area contributed by atoms with Crippen molar-refractivity contribution in [3.8, 4) is 0 Å². The van der Waals surface area contributed by atoms with Crippen molar-refractivity contribution in [2.24, 2.45) is 5.92 Å². The highest BCUT2D eigenvalue weighted by Gasteiger charge is 2.28. The van der Waals surface area contributed by atoms with Crippen molar-refractivity contribution in [1.82, 2.24) is 0 Å². The molecule has 2 aromatic carbocycles. The van der Waals surface area contributed by atoms with Gasteiger partial charge in [-0.1, -0.05) is 42.5 Å². The molecule has 0 unspecified atom stereocenters. The molecule has 0 radical (unpaired) electrons. The first-order valence-corrected chi connectivity index (χ1v) is 9.04. The summed E-state index contributed by atoms with van der Waals surface area (Å²) in [5.41, 5.74) is 0.445. The van der Waals surface area contributed by atoms with Crippen LogP contribution in [0.2, 0.25) is 0 Å². The molecule has 0 aliphatic heterocycles. The van der Waals surface area contributed by atoms with E-state index in [0.717, 1.165) is 16.3 Å². The molecule has 0 heterocycles. The third kappa shape index (κ3) is 5.87. The number of esters is 2. The van der Waals surface area contributed by atoms with E-state index in [9.17, 15) is 9.59 Å². The highest BCUT2D eigenvalue weighted by atomic mass is 16.6. The van der Waals surface area contributed by atoms with Crippen molar-refractivity contribution in [1.29, 1.82) is 0 Å². The van der Waals surface area contributed by atoms with Gasteiger partial charge < -0.3 is 9.47 Å². The number of rotatable bonds is 6. The van der Waals surface area contributed by atoms with Crippen molar-refractivity contribution in [2.45, 2.75) is 59.2 Å². The maximum Gasteiger partial charge on any atom is 0.310 e. The maximum absolute atomic E-state index is 12.6. The van der Waals surface area contributed by atoms with Crippen molar-refractivity contribution < 1.29 is 19.1 Å². The van der Waals surface area contributed by atoms with Crippen LogP contribution in [0.3, 0.4) is 0 Å². The van der Waals surface area contributed by atoms with Crippen LogP contribution < -0.4 is 0 Å². The van der Waals surface area contributed by atoms with E-state index >= 15 is 0 Å². The van der Waals surface area contributed by atoms with Gasteiger partial charge in [0.1, 0.15) is 5.60 Å². The van der Waals surface area contributed by atoms with Crippen LogP contribution >= 0.6 is 0 Å². The van der Waals surface area contributed by atoms with Crippen LogP contribution in [0.4, 0.5) is 0 Å². The first-order valence-electron chi connectivity index (χ1n) is 9.04. The summed E-state index contributed by atoms with van der Waals surface area (Å²) < 4.78 is 10.8. The summed E-state index contributed by atoms with van der Waals surface area (Å²) in [6.07, 6.45) is 0.217. The van der Waals surface area contributed by atoms with E-state index in [2.05, 4.69) is 0 Å². The van der Waals surface area contributed by atoms with E-state index < -0.39 is 11.5 Å². The Kier molecular flexibility index (Phi) is 6.41. The first-order chi connectivity index (χ1) is 12.2. The van der Waals surface area contributed by atoms with Gasteiger partial charge in [0.25, 0.3) is 0 Å². The maximum atomic E-state index is 12.6. The number of hydrogen-bond acceptors (Lipinski definition) is 4. The minimum Gasteiger partial charge on any atom is -0.463 e.